The molecule has 2 bridgehead atoms. The summed E-state index contributed by atoms with van der Waals surface area (Å²) in [4.78, 5) is 23.5. The highest BCUT2D eigenvalue weighted by Gasteiger charge is 2.46. The maximum atomic E-state index is 14.0. The van der Waals surface area contributed by atoms with Crippen LogP contribution in [0.1, 0.15) is 26.2 Å². The molecule has 0 spiro atoms. The second-order valence-electron chi connectivity index (χ2n) is 4.39. The average molecular weight is 227 g/mol. The number of carboxylic acid groups (broad SMARTS) is 1. The lowest BCUT2D eigenvalue weighted by Gasteiger charge is -2.37. The summed E-state index contributed by atoms with van der Waals surface area (Å²) in [6.45, 7) is 1.43. The van der Waals surface area contributed by atoms with E-state index in [1.807, 2.05) is 0 Å². The summed E-state index contributed by atoms with van der Waals surface area (Å²) in [5.41, 5.74) is 0.317. The molecule has 3 unspecified atom stereocenters. The molecule has 0 aliphatic carbocycles. The summed E-state index contributed by atoms with van der Waals surface area (Å²) in [7, 11) is 0. The topological polar surface area (TPSA) is 57.6 Å². The van der Waals surface area contributed by atoms with Gasteiger partial charge in [0.2, 0.25) is 5.91 Å². The highest BCUT2D eigenvalue weighted by atomic mass is 19.1. The van der Waals surface area contributed by atoms with Crippen LogP contribution in [0, 0.1) is 0 Å². The van der Waals surface area contributed by atoms with Crippen LogP contribution in [0.3, 0.4) is 0 Å². The molecular weight excluding hydrogens is 213 g/mol. The van der Waals surface area contributed by atoms with Crippen molar-refractivity contribution in [3.63, 3.8) is 0 Å². The fourth-order valence-corrected chi connectivity index (χ4v) is 2.82. The van der Waals surface area contributed by atoms with Crippen molar-refractivity contribution in [2.75, 3.05) is 0 Å². The molecule has 5 heteroatoms. The maximum Gasteiger partial charge on any atom is 0.328 e. The Morgan fingerprint density at radius 1 is 1.50 bits per heavy atom. The van der Waals surface area contributed by atoms with Gasteiger partial charge in [0, 0.05) is 19.0 Å². The molecule has 0 aromatic carbocycles. The van der Waals surface area contributed by atoms with Gasteiger partial charge in [0.15, 0.2) is 0 Å². The quantitative estimate of drug-likeness (QED) is 0.683. The Hall–Kier alpha value is -1.39. The number of carboxylic acids is 1. The summed E-state index contributed by atoms with van der Waals surface area (Å²) in [6.07, 6.45) is 1.37. The van der Waals surface area contributed by atoms with E-state index in [1.165, 1.54) is 6.92 Å². The van der Waals surface area contributed by atoms with Gasteiger partial charge in [-0.25, -0.2) is 9.18 Å². The van der Waals surface area contributed by atoms with Gasteiger partial charge in [0.1, 0.15) is 6.17 Å². The van der Waals surface area contributed by atoms with E-state index in [4.69, 9.17) is 5.11 Å². The Balaban J connectivity index is 2.25. The minimum atomic E-state index is -1.32. The van der Waals surface area contributed by atoms with E-state index < -0.39 is 18.2 Å². The van der Waals surface area contributed by atoms with Crippen molar-refractivity contribution in [3.05, 3.63) is 11.6 Å². The lowest BCUT2D eigenvalue weighted by Crippen LogP contribution is -2.49. The zero-order valence-electron chi connectivity index (χ0n) is 9.02. The third-order valence-corrected chi connectivity index (χ3v) is 3.38. The van der Waals surface area contributed by atoms with Gasteiger partial charge in [-0.3, -0.25) is 4.79 Å². The van der Waals surface area contributed by atoms with Gasteiger partial charge in [-0.15, -0.1) is 0 Å². The number of hydrogen-bond donors (Lipinski definition) is 1. The second-order valence-corrected chi connectivity index (χ2v) is 4.39. The molecule has 0 saturated carbocycles. The van der Waals surface area contributed by atoms with E-state index in [0.29, 0.717) is 18.4 Å². The molecule has 88 valence electrons. The Morgan fingerprint density at radius 2 is 2.19 bits per heavy atom. The third kappa shape index (κ3) is 1.70. The zero-order chi connectivity index (χ0) is 11.9. The smallest absolute Gasteiger partial charge is 0.328 e. The van der Waals surface area contributed by atoms with Crippen LogP contribution in [0.5, 0.6) is 0 Å². The molecule has 2 heterocycles. The Morgan fingerprint density at radius 3 is 2.75 bits per heavy atom. The van der Waals surface area contributed by atoms with Crippen molar-refractivity contribution in [1.29, 1.82) is 0 Å². The third-order valence-electron chi connectivity index (χ3n) is 3.38. The molecular formula is C11H14FNO3. The van der Waals surface area contributed by atoms with E-state index in [0.717, 1.165) is 12.5 Å². The zero-order valence-corrected chi connectivity index (χ0v) is 9.02. The SMILES string of the molecule is CC(=O)N1C2CCC1C(F)/C(=C/C(=O)O)C2. The summed E-state index contributed by atoms with van der Waals surface area (Å²) in [5.74, 6) is -1.24. The summed E-state index contributed by atoms with van der Waals surface area (Å²) in [5, 5.41) is 8.63. The molecule has 2 aliphatic rings. The van der Waals surface area contributed by atoms with Gasteiger partial charge >= 0.3 is 5.97 Å². The molecule has 0 aromatic rings. The number of halogens is 1. The van der Waals surface area contributed by atoms with Crippen LogP contribution >= 0.6 is 0 Å². The molecule has 0 radical (unpaired) electrons. The first kappa shape index (κ1) is 11.1. The van der Waals surface area contributed by atoms with E-state index in [9.17, 15) is 14.0 Å². The van der Waals surface area contributed by atoms with Crippen LogP contribution in [0.2, 0.25) is 0 Å². The number of hydrogen-bond acceptors (Lipinski definition) is 2. The second kappa shape index (κ2) is 3.88. The van der Waals surface area contributed by atoms with Crippen molar-refractivity contribution in [2.24, 2.45) is 0 Å². The first-order valence-electron chi connectivity index (χ1n) is 5.37. The molecule has 2 fully saturated rings. The number of amides is 1. The lowest BCUT2D eigenvalue weighted by molar-refractivity contribution is -0.133. The van der Waals surface area contributed by atoms with Gasteiger partial charge in [0.05, 0.1) is 6.04 Å². The van der Waals surface area contributed by atoms with Gasteiger partial charge in [-0.05, 0) is 24.8 Å². The summed E-state index contributed by atoms with van der Waals surface area (Å²) in [6, 6.07) is -0.470. The summed E-state index contributed by atoms with van der Waals surface area (Å²) < 4.78 is 14.0. The largest absolute Gasteiger partial charge is 0.478 e. The fraction of sp³-hybridized carbons (Fsp3) is 0.636. The van der Waals surface area contributed by atoms with Gasteiger partial charge < -0.3 is 10.0 Å². The fourth-order valence-electron chi connectivity index (χ4n) is 2.82. The first-order chi connectivity index (χ1) is 7.50. The molecule has 0 aromatic heterocycles. The van der Waals surface area contributed by atoms with Crippen molar-refractivity contribution in [1.82, 2.24) is 4.90 Å². The number of carbonyl (C=O) groups excluding carboxylic acids is 1. The first-order valence-corrected chi connectivity index (χ1v) is 5.37. The normalized spacial score (nSPS) is 35.5. The van der Waals surface area contributed by atoms with Crippen LogP contribution in [-0.4, -0.2) is 40.1 Å². The predicted molar refractivity (Wildman–Crippen MR) is 54.6 cm³/mol. The van der Waals surface area contributed by atoms with Gasteiger partial charge in [0.25, 0.3) is 0 Å². The number of carbonyl (C=O) groups is 2. The standard InChI is InChI=1S/C11H14FNO3/c1-6(14)13-8-2-3-9(13)11(12)7(4-8)5-10(15)16/h5,8-9,11H,2-4H2,1H3,(H,15,16)/b7-5+. The number of alkyl halides is 1. The molecule has 4 nitrogen and oxygen atoms in total. The predicted octanol–water partition coefficient (Wildman–Crippen LogP) is 1.12. The number of rotatable bonds is 1. The van der Waals surface area contributed by atoms with Crippen molar-refractivity contribution in [2.45, 2.75) is 44.4 Å². The monoisotopic (exact) mass is 227 g/mol. The van der Waals surface area contributed by atoms with E-state index in [1.54, 1.807) is 4.90 Å². The molecule has 1 N–H and O–H groups in total. The number of piperidine rings is 1. The maximum absolute atomic E-state index is 14.0. The van der Waals surface area contributed by atoms with E-state index >= 15 is 0 Å². The molecule has 2 aliphatic heterocycles. The average Bonchev–Trinajstić information content (AvgIpc) is 2.52. The van der Waals surface area contributed by atoms with Crippen LogP contribution in [-0.2, 0) is 9.59 Å². The minimum Gasteiger partial charge on any atom is -0.478 e. The molecule has 2 saturated heterocycles. The van der Waals surface area contributed by atoms with Crippen molar-refractivity contribution < 1.29 is 19.1 Å². The minimum absolute atomic E-state index is 0.0138. The molecule has 2 rings (SSSR count). The van der Waals surface area contributed by atoms with Gasteiger partial charge in [-0.1, -0.05) is 0 Å². The van der Waals surface area contributed by atoms with Gasteiger partial charge in [-0.2, -0.15) is 0 Å². The van der Waals surface area contributed by atoms with Crippen LogP contribution in [0.25, 0.3) is 0 Å². The number of fused-ring (bicyclic) bond motifs is 2. The molecule has 1 amide bonds. The Bertz CT molecular complexity index is 366. The van der Waals surface area contributed by atoms with E-state index in [-0.39, 0.29) is 11.9 Å². The van der Waals surface area contributed by atoms with E-state index in [2.05, 4.69) is 0 Å². The Labute approximate surface area is 92.7 Å². The molecule has 16 heavy (non-hydrogen) atoms. The lowest BCUT2D eigenvalue weighted by atomic mass is 9.94. The number of aliphatic carboxylic acids is 1. The van der Waals surface area contributed by atoms with Crippen LogP contribution < -0.4 is 0 Å². The Kier molecular flexibility index (Phi) is 2.69. The van der Waals surface area contributed by atoms with Crippen LogP contribution in [0.4, 0.5) is 4.39 Å². The van der Waals surface area contributed by atoms with Crippen molar-refractivity contribution in [3.8, 4) is 0 Å². The highest BCUT2D eigenvalue weighted by Crippen LogP contribution is 2.40. The van der Waals surface area contributed by atoms with Crippen molar-refractivity contribution >= 4 is 11.9 Å². The summed E-state index contributed by atoms with van der Waals surface area (Å²) >= 11 is 0. The number of nitrogens with zero attached hydrogens (tertiary/aromatic N) is 1. The highest BCUT2D eigenvalue weighted by molar-refractivity contribution is 5.81. The van der Waals surface area contributed by atoms with Crippen LogP contribution in [0.15, 0.2) is 11.6 Å². The molecule has 3 atom stereocenters.